The lowest BCUT2D eigenvalue weighted by Gasteiger charge is -2.32. The number of carbonyl (C=O) groups is 2. The molecular formula is C37H45N5O3. The summed E-state index contributed by atoms with van der Waals surface area (Å²) in [6.45, 7) is 8.17. The first-order valence-electron chi connectivity index (χ1n) is 16.0. The summed E-state index contributed by atoms with van der Waals surface area (Å²) in [4.78, 5) is 34.0. The van der Waals surface area contributed by atoms with Crippen molar-refractivity contribution in [3.05, 3.63) is 113 Å². The lowest BCUT2D eigenvalue weighted by molar-refractivity contribution is -0.131. The Kier molecular flexibility index (Phi) is 11.0. The van der Waals surface area contributed by atoms with E-state index in [1.807, 2.05) is 85.4 Å². The van der Waals surface area contributed by atoms with Gasteiger partial charge in [0, 0.05) is 58.9 Å². The number of rotatable bonds is 8. The Morgan fingerprint density at radius 1 is 0.822 bits per heavy atom. The molecule has 2 amide bonds. The molecule has 0 unspecified atom stereocenters. The number of carbonyl (C=O) groups excluding carboxylic acids is 2. The third kappa shape index (κ3) is 8.82. The molecule has 0 saturated carbocycles. The van der Waals surface area contributed by atoms with Crippen molar-refractivity contribution in [2.45, 2.75) is 52.6 Å². The molecule has 236 valence electrons. The van der Waals surface area contributed by atoms with Crippen molar-refractivity contribution in [2.24, 2.45) is 7.05 Å². The number of aromatic nitrogens is 2. The SMILES string of the molecule is Cc1cccc2c1N(C(=O)COc1ccccc1)CCCN(Cc1ccccc1)CCCN(C(=O)CCc1cn(C)nc1C)C2. The quantitative estimate of drug-likeness (QED) is 0.257. The van der Waals surface area contributed by atoms with E-state index in [1.165, 1.54) is 5.56 Å². The molecule has 1 aromatic heterocycles. The largest absolute Gasteiger partial charge is 0.484 e. The van der Waals surface area contributed by atoms with E-state index in [1.54, 1.807) is 4.68 Å². The van der Waals surface area contributed by atoms with Crippen molar-refractivity contribution in [1.82, 2.24) is 19.6 Å². The number of hydrogen-bond donors (Lipinski definition) is 0. The lowest BCUT2D eigenvalue weighted by Crippen LogP contribution is -2.40. The van der Waals surface area contributed by atoms with E-state index in [0.717, 1.165) is 60.5 Å². The number of amides is 2. The zero-order valence-corrected chi connectivity index (χ0v) is 26.8. The zero-order valence-electron chi connectivity index (χ0n) is 26.8. The van der Waals surface area contributed by atoms with Crippen molar-refractivity contribution in [3.8, 4) is 5.75 Å². The van der Waals surface area contributed by atoms with Gasteiger partial charge in [-0.2, -0.15) is 5.10 Å². The zero-order chi connectivity index (χ0) is 31.6. The Bertz CT molecular complexity index is 1550. The molecule has 0 aliphatic carbocycles. The van der Waals surface area contributed by atoms with Gasteiger partial charge in [-0.05, 0) is 67.5 Å². The number of anilines is 1. The van der Waals surface area contributed by atoms with Crippen LogP contribution in [0.2, 0.25) is 0 Å². The molecule has 0 saturated heterocycles. The van der Waals surface area contributed by atoms with Crippen molar-refractivity contribution in [3.63, 3.8) is 0 Å². The van der Waals surface area contributed by atoms with Crippen LogP contribution >= 0.6 is 0 Å². The number of benzene rings is 3. The molecule has 1 aliphatic heterocycles. The van der Waals surface area contributed by atoms with E-state index >= 15 is 0 Å². The highest BCUT2D eigenvalue weighted by molar-refractivity contribution is 5.96. The highest BCUT2D eigenvalue weighted by atomic mass is 16.5. The molecule has 2 heterocycles. The van der Waals surface area contributed by atoms with Crippen LogP contribution in [0.4, 0.5) is 5.69 Å². The van der Waals surface area contributed by atoms with Crippen molar-refractivity contribution in [2.75, 3.05) is 37.7 Å². The molecule has 0 fully saturated rings. The van der Waals surface area contributed by atoms with Crippen LogP contribution < -0.4 is 9.64 Å². The van der Waals surface area contributed by atoms with E-state index in [4.69, 9.17) is 4.74 Å². The molecule has 5 rings (SSSR count). The average Bonchev–Trinajstić information content (AvgIpc) is 3.37. The summed E-state index contributed by atoms with van der Waals surface area (Å²) in [6.07, 6.45) is 4.76. The predicted octanol–water partition coefficient (Wildman–Crippen LogP) is 5.71. The smallest absolute Gasteiger partial charge is 0.264 e. The van der Waals surface area contributed by atoms with Crippen molar-refractivity contribution < 1.29 is 14.3 Å². The van der Waals surface area contributed by atoms with E-state index in [9.17, 15) is 9.59 Å². The standard InChI is InChI=1S/C37H45N5O3/c1-29-13-10-16-33-27-41(35(43)20-19-32-26-39(3)38-30(32)2)23-11-21-40(25-31-14-6-4-7-15-31)22-12-24-42(37(29)33)36(44)28-45-34-17-8-5-9-18-34/h4-10,13-18,26H,11-12,19-25,27-28H2,1-3H3. The van der Waals surface area contributed by atoms with Crippen LogP contribution in [-0.2, 0) is 36.1 Å². The minimum Gasteiger partial charge on any atom is -0.484 e. The first-order valence-corrected chi connectivity index (χ1v) is 16.0. The fourth-order valence-electron chi connectivity index (χ4n) is 6.17. The fraction of sp³-hybridized carbons (Fsp3) is 0.378. The van der Waals surface area contributed by atoms with Gasteiger partial charge in [-0.3, -0.25) is 19.2 Å². The molecule has 0 radical (unpaired) electrons. The van der Waals surface area contributed by atoms with Gasteiger partial charge in [-0.25, -0.2) is 0 Å². The Hall–Kier alpha value is -4.43. The average molecular weight is 608 g/mol. The number of para-hydroxylation sites is 2. The second-order valence-corrected chi connectivity index (χ2v) is 11.9. The van der Waals surface area contributed by atoms with E-state index in [-0.39, 0.29) is 18.4 Å². The number of aryl methyl sites for hydroxylation is 4. The Morgan fingerprint density at radius 2 is 1.53 bits per heavy atom. The van der Waals surface area contributed by atoms with Gasteiger partial charge in [0.1, 0.15) is 5.75 Å². The Balaban J connectivity index is 1.41. The minimum absolute atomic E-state index is 0.0569. The molecular weight excluding hydrogens is 562 g/mol. The Morgan fingerprint density at radius 3 is 2.24 bits per heavy atom. The van der Waals surface area contributed by atoms with Crippen LogP contribution in [0, 0.1) is 13.8 Å². The maximum Gasteiger partial charge on any atom is 0.264 e. The summed E-state index contributed by atoms with van der Waals surface area (Å²) < 4.78 is 7.72. The summed E-state index contributed by atoms with van der Waals surface area (Å²) in [5.74, 6) is 0.688. The highest BCUT2D eigenvalue weighted by Crippen LogP contribution is 2.28. The molecule has 1 aliphatic rings. The second kappa shape index (κ2) is 15.5. The van der Waals surface area contributed by atoms with Crippen LogP contribution in [0.1, 0.15) is 47.2 Å². The number of hydrogen-bond acceptors (Lipinski definition) is 5. The molecule has 0 spiro atoms. The van der Waals surface area contributed by atoms with Crippen LogP contribution in [0.3, 0.4) is 0 Å². The van der Waals surface area contributed by atoms with Gasteiger partial charge in [0.25, 0.3) is 5.91 Å². The normalized spacial score (nSPS) is 14.7. The highest BCUT2D eigenvalue weighted by Gasteiger charge is 2.25. The molecule has 0 bridgehead atoms. The minimum atomic E-state index is -0.0917. The van der Waals surface area contributed by atoms with Crippen LogP contribution in [0.5, 0.6) is 5.75 Å². The van der Waals surface area contributed by atoms with Gasteiger partial charge in [0.05, 0.1) is 11.4 Å². The second-order valence-electron chi connectivity index (χ2n) is 11.9. The molecule has 8 nitrogen and oxygen atoms in total. The topological polar surface area (TPSA) is 70.9 Å². The first kappa shape index (κ1) is 32.0. The summed E-state index contributed by atoms with van der Waals surface area (Å²) in [7, 11) is 1.91. The van der Waals surface area contributed by atoms with Gasteiger partial charge in [-0.15, -0.1) is 0 Å². The molecule has 45 heavy (non-hydrogen) atoms. The molecule has 3 aromatic carbocycles. The maximum absolute atomic E-state index is 13.9. The van der Waals surface area contributed by atoms with Crippen molar-refractivity contribution >= 4 is 17.5 Å². The van der Waals surface area contributed by atoms with Crippen LogP contribution in [0.15, 0.2) is 85.1 Å². The van der Waals surface area contributed by atoms with Gasteiger partial charge in [-0.1, -0.05) is 66.7 Å². The summed E-state index contributed by atoms with van der Waals surface area (Å²) >= 11 is 0. The van der Waals surface area contributed by atoms with Crippen molar-refractivity contribution in [1.29, 1.82) is 0 Å². The van der Waals surface area contributed by atoms with Gasteiger partial charge in [0.2, 0.25) is 5.91 Å². The number of fused-ring (bicyclic) bond motifs is 1. The third-order valence-corrected chi connectivity index (χ3v) is 8.44. The monoisotopic (exact) mass is 607 g/mol. The van der Waals surface area contributed by atoms with Gasteiger partial charge >= 0.3 is 0 Å². The first-order chi connectivity index (χ1) is 21.9. The van der Waals surface area contributed by atoms with E-state index in [0.29, 0.717) is 38.2 Å². The van der Waals surface area contributed by atoms with E-state index in [2.05, 4.69) is 40.3 Å². The van der Waals surface area contributed by atoms with Crippen LogP contribution in [0.25, 0.3) is 0 Å². The molecule has 0 atom stereocenters. The number of nitrogens with zero attached hydrogens (tertiary/aromatic N) is 5. The molecule has 4 aromatic rings. The maximum atomic E-state index is 13.9. The molecule has 0 N–H and O–H groups in total. The third-order valence-electron chi connectivity index (χ3n) is 8.44. The predicted molar refractivity (Wildman–Crippen MR) is 178 cm³/mol. The summed E-state index contributed by atoms with van der Waals surface area (Å²) in [6, 6.07) is 26.1. The lowest BCUT2D eigenvalue weighted by atomic mass is 10.0. The summed E-state index contributed by atoms with van der Waals surface area (Å²) in [5.41, 5.74) is 6.20. The van der Waals surface area contributed by atoms with Gasteiger partial charge < -0.3 is 14.5 Å². The fourth-order valence-corrected chi connectivity index (χ4v) is 6.17. The van der Waals surface area contributed by atoms with Crippen LogP contribution in [-0.4, -0.2) is 64.2 Å². The van der Waals surface area contributed by atoms with E-state index < -0.39 is 0 Å². The number of ether oxygens (including phenoxy) is 1. The Labute approximate surface area is 267 Å². The van der Waals surface area contributed by atoms with Gasteiger partial charge in [0.15, 0.2) is 6.61 Å². The molecule has 8 heteroatoms. The summed E-state index contributed by atoms with van der Waals surface area (Å²) in [5, 5.41) is 4.45.